The van der Waals surface area contributed by atoms with E-state index in [1.807, 2.05) is 42.7 Å². The Balaban J connectivity index is 1.76. The first kappa shape index (κ1) is 23.1. The summed E-state index contributed by atoms with van der Waals surface area (Å²) in [5.41, 5.74) is 2.17. The van der Waals surface area contributed by atoms with E-state index >= 15 is 0 Å². The number of carboxylic acids is 1. The first-order valence-corrected chi connectivity index (χ1v) is 11.5. The Labute approximate surface area is 176 Å². The number of benzene rings is 1. The van der Waals surface area contributed by atoms with E-state index in [1.54, 1.807) is 0 Å². The largest absolute Gasteiger partial charge is 0.481 e. The zero-order chi connectivity index (χ0) is 20.7. The lowest BCUT2D eigenvalue weighted by Gasteiger charge is -2.13. The van der Waals surface area contributed by atoms with Crippen LogP contribution in [0.4, 0.5) is 0 Å². The molecule has 158 valence electrons. The molecule has 0 radical (unpaired) electrons. The topological polar surface area (TPSA) is 41.2 Å². The number of carbonyl (C=O) groups is 1. The number of carboxylic acid groups (broad SMARTS) is 1. The molecule has 2 aromatic rings. The lowest BCUT2D eigenvalue weighted by atomic mass is 9.92. The zero-order valence-electron chi connectivity index (χ0n) is 18.1. The molecule has 3 heteroatoms. The molecule has 0 spiro atoms. The molecule has 0 saturated carbocycles. The Bertz CT molecular complexity index is 699. The van der Waals surface area contributed by atoms with Gasteiger partial charge in [0.05, 0.1) is 5.92 Å². The third kappa shape index (κ3) is 8.81. The Morgan fingerprint density at radius 2 is 1.41 bits per heavy atom. The maximum absolute atomic E-state index is 11.8. The van der Waals surface area contributed by atoms with Crippen molar-refractivity contribution < 1.29 is 14.5 Å². The van der Waals surface area contributed by atoms with Crippen molar-refractivity contribution in [2.75, 3.05) is 0 Å². The van der Waals surface area contributed by atoms with Crippen LogP contribution < -0.4 is 4.57 Å². The SMILES string of the molecule is CCCCCCCCCCCCC(Cc1ccccc1-[n+]1ccccc1)C(=O)O. The number of nitrogens with zero attached hydrogens (tertiary/aromatic N) is 1. The molecule has 1 heterocycles. The molecular weight excluding hydrogens is 358 g/mol. The van der Waals surface area contributed by atoms with Crippen molar-refractivity contribution in [1.82, 2.24) is 0 Å². The first-order chi connectivity index (χ1) is 14.2. The van der Waals surface area contributed by atoms with Crippen LogP contribution in [0.3, 0.4) is 0 Å². The van der Waals surface area contributed by atoms with Crippen molar-refractivity contribution in [1.29, 1.82) is 0 Å². The van der Waals surface area contributed by atoms with Crippen LogP contribution in [0.25, 0.3) is 5.69 Å². The highest BCUT2D eigenvalue weighted by Crippen LogP contribution is 2.20. The number of unbranched alkanes of at least 4 members (excludes halogenated alkanes) is 9. The number of rotatable bonds is 15. The monoisotopic (exact) mass is 396 g/mol. The second-order valence-corrected chi connectivity index (χ2v) is 8.12. The molecular formula is C26H38NO2+. The van der Waals surface area contributed by atoms with Gasteiger partial charge in [-0.1, -0.05) is 95.4 Å². The molecule has 0 fully saturated rings. The molecule has 29 heavy (non-hydrogen) atoms. The minimum absolute atomic E-state index is 0.311. The summed E-state index contributed by atoms with van der Waals surface area (Å²) in [6.45, 7) is 2.25. The Kier molecular flexibility index (Phi) is 11.1. The standard InChI is InChI=1S/C26H37NO2/c1-2-3-4-5-6-7-8-9-10-12-18-24(26(28)29)22-23-17-13-14-19-25(23)27-20-15-11-16-21-27/h11,13-17,19-21,24H,2-10,12,18,22H2,1H3/p+1. The number of para-hydroxylation sites is 1. The predicted octanol–water partition coefficient (Wildman–Crippen LogP) is 6.52. The van der Waals surface area contributed by atoms with Crippen molar-refractivity contribution in [3.05, 3.63) is 60.4 Å². The highest BCUT2D eigenvalue weighted by atomic mass is 16.4. The smallest absolute Gasteiger partial charge is 0.306 e. The number of pyridine rings is 1. The van der Waals surface area contributed by atoms with Crippen molar-refractivity contribution in [2.45, 2.75) is 84.0 Å². The fourth-order valence-corrected chi connectivity index (χ4v) is 3.95. The quantitative estimate of drug-likeness (QED) is 0.275. The van der Waals surface area contributed by atoms with Gasteiger partial charge < -0.3 is 5.11 Å². The molecule has 1 N–H and O–H groups in total. The molecule has 0 bridgehead atoms. The summed E-state index contributed by atoms with van der Waals surface area (Å²) < 4.78 is 2.06. The second kappa shape index (κ2) is 13.9. The van der Waals surface area contributed by atoms with Gasteiger partial charge in [-0.25, -0.2) is 0 Å². The Morgan fingerprint density at radius 1 is 0.828 bits per heavy atom. The molecule has 2 rings (SSSR count). The second-order valence-electron chi connectivity index (χ2n) is 8.12. The molecule has 0 amide bonds. The maximum Gasteiger partial charge on any atom is 0.306 e. The number of hydrogen-bond donors (Lipinski definition) is 1. The van der Waals surface area contributed by atoms with Crippen molar-refractivity contribution in [3.8, 4) is 5.69 Å². The average molecular weight is 397 g/mol. The van der Waals surface area contributed by atoms with Gasteiger partial charge in [0, 0.05) is 23.8 Å². The molecule has 0 aliphatic heterocycles. The van der Waals surface area contributed by atoms with Crippen LogP contribution in [0.2, 0.25) is 0 Å². The van der Waals surface area contributed by atoms with Gasteiger partial charge in [-0.05, 0) is 12.8 Å². The first-order valence-electron chi connectivity index (χ1n) is 11.5. The van der Waals surface area contributed by atoms with Crippen LogP contribution in [-0.2, 0) is 11.2 Å². The van der Waals surface area contributed by atoms with Crippen LogP contribution in [-0.4, -0.2) is 11.1 Å². The van der Waals surface area contributed by atoms with Crippen LogP contribution in [0, 0.1) is 5.92 Å². The molecule has 1 atom stereocenters. The normalized spacial score (nSPS) is 12.0. The summed E-state index contributed by atoms with van der Waals surface area (Å²) in [6.07, 6.45) is 18.1. The summed E-state index contributed by atoms with van der Waals surface area (Å²) in [5, 5.41) is 9.73. The highest BCUT2D eigenvalue weighted by molar-refractivity contribution is 5.70. The van der Waals surface area contributed by atoms with Gasteiger partial charge in [0.2, 0.25) is 5.69 Å². The van der Waals surface area contributed by atoms with E-state index in [2.05, 4.69) is 23.6 Å². The molecule has 0 aliphatic carbocycles. The number of aromatic nitrogens is 1. The lowest BCUT2D eigenvalue weighted by Crippen LogP contribution is -2.31. The van der Waals surface area contributed by atoms with E-state index in [1.165, 1.54) is 51.4 Å². The lowest BCUT2D eigenvalue weighted by molar-refractivity contribution is -0.596. The van der Waals surface area contributed by atoms with E-state index in [9.17, 15) is 9.90 Å². The van der Waals surface area contributed by atoms with E-state index in [4.69, 9.17) is 0 Å². The van der Waals surface area contributed by atoms with Gasteiger partial charge in [-0.15, -0.1) is 0 Å². The summed E-state index contributed by atoms with van der Waals surface area (Å²) in [6, 6.07) is 14.1. The van der Waals surface area contributed by atoms with Crippen molar-refractivity contribution in [2.24, 2.45) is 5.92 Å². The predicted molar refractivity (Wildman–Crippen MR) is 119 cm³/mol. The van der Waals surface area contributed by atoms with Crippen LogP contribution in [0.1, 0.15) is 83.1 Å². The van der Waals surface area contributed by atoms with Gasteiger partial charge in [0.15, 0.2) is 12.4 Å². The molecule has 1 aromatic heterocycles. The maximum atomic E-state index is 11.8. The Hall–Kier alpha value is -2.16. The number of aliphatic carboxylic acids is 1. The summed E-state index contributed by atoms with van der Waals surface area (Å²) in [7, 11) is 0. The summed E-state index contributed by atoms with van der Waals surface area (Å²) >= 11 is 0. The fourth-order valence-electron chi connectivity index (χ4n) is 3.95. The summed E-state index contributed by atoms with van der Waals surface area (Å²) in [4.78, 5) is 11.8. The molecule has 1 unspecified atom stereocenters. The minimum atomic E-state index is -0.672. The van der Waals surface area contributed by atoms with Crippen LogP contribution >= 0.6 is 0 Å². The van der Waals surface area contributed by atoms with Gasteiger partial charge in [0.25, 0.3) is 0 Å². The zero-order valence-corrected chi connectivity index (χ0v) is 18.1. The van der Waals surface area contributed by atoms with Crippen LogP contribution in [0.15, 0.2) is 54.9 Å². The average Bonchev–Trinajstić information content (AvgIpc) is 2.75. The summed E-state index contributed by atoms with van der Waals surface area (Å²) in [5.74, 6) is -0.983. The molecule has 0 aliphatic rings. The van der Waals surface area contributed by atoms with Gasteiger partial charge in [-0.2, -0.15) is 4.57 Å². The molecule has 1 aromatic carbocycles. The van der Waals surface area contributed by atoms with E-state index < -0.39 is 5.97 Å². The van der Waals surface area contributed by atoms with E-state index in [0.29, 0.717) is 6.42 Å². The van der Waals surface area contributed by atoms with Gasteiger partial charge >= 0.3 is 5.97 Å². The fraction of sp³-hybridized carbons (Fsp3) is 0.538. The Morgan fingerprint density at radius 3 is 2.03 bits per heavy atom. The number of hydrogen-bond acceptors (Lipinski definition) is 1. The minimum Gasteiger partial charge on any atom is -0.481 e. The van der Waals surface area contributed by atoms with Crippen LogP contribution in [0.5, 0.6) is 0 Å². The van der Waals surface area contributed by atoms with Crippen molar-refractivity contribution >= 4 is 5.97 Å². The van der Waals surface area contributed by atoms with E-state index in [0.717, 1.165) is 30.5 Å². The third-order valence-electron chi connectivity index (χ3n) is 5.71. The van der Waals surface area contributed by atoms with Gasteiger partial charge in [-0.3, -0.25) is 4.79 Å². The molecule has 3 nitrogen and oxygen atoms in total. The highest BCUT2D eigenvalue weighted by Gasteiger charge is 2.21. The van der Waals surface area contributed by atoms with Gasteiger partial charge in [0.1, 0.15) is 0 Å². The van der Waals surface area contributed by atoms with Crippen molar-refractivity contribution in [3.63, 3.8) is 0 Å². The van der Waals surface area contributed by atoms with E-state index in [-0.39, 0.29) is 5.92 Å². The third-order valence-corrected chi connectivity index (χ3v) is 5.71. The molecule has 0 saturated heterocycles.